The average Bonchev–Trinajstić information content (AvgIpc) is 3.05. The fourth-order valence-corrected chi connectivity index (χ4v) is 2.52. The van der Waals surface area contributed by atoms with E-state index in [1.807, 2.05) is 17.5 Å². The van der Waals surface area contributed by atoms with Crippen LogP contribution in [0.2, 0.25) is 0 Å². The number of nitrogens with one attached hydrogen (secondary N) is 1. The first kappa shape index (κ1) is 14.9. The van der Waals surface area contributed by atoms with Crippen molar-refractivity contribution in [1.29, 1.82) is 5.26 Å². The van der Waals surface area contributed by atoms with E-state index in [1.165, 1.54) is 11.3 Å². The van der Waals surface area contributed by atoms with Gasteiger partial charge in [0.2, 0.25) is 5.91 Å². The Bertz CT molecular complexity index is 672. The molecule has 21 heavy (non-hydrogen) atoms. The summed E-state index contributed by atoms with van der Waals surface area (Å²) < 4.78 is 0. The van der Waals surface area contributed by atoms with E-state index < -0.39 is 0 Å². The van der Waals surface area contributed by atoms with Crippen molar-refractivity contribution in [2.45, 2.75) is 19.4 Å². The first-order valence-electron chi connectivity index (χ1n) is 6.51. The third kappa shape index (κ3) is 4.55. The van der Waals surface area contributed by atoms with Gasteiger partial charge >= 0.3 is 0 Å². The Morgan fingerprint density at radius 2 is 2.05 bits per heavy atom. The average molecular weight is 298 g/mol. The van der Waals surface area contributed by atoms with E-state index in [0.29, 0.717) is 17.0 Å². The molecule has 1 N–H and O–H groups in total. The van der Waals surface area contributed by atoms with Crippen LogP contribution in [0.5, 0.6) is 0 Å². The van der Waals surface area contributed by atoms with Gasteiger partial charge in [-0.3, -0.25) is 9.59 Å². The summed E-state index contributed by atoms with van der Waals surface area (Å²) in [6.45, 7) is 0.363. The molecule has 106 valence electrons. The first-order valence-corrected chi connectivity index (χ1v) is 7.39. The maximum atomic E-state index is 11.8. The van der Waals surface area contributed by atoms with Gasteiger partial charge in [0, 0.05) is 19.4 Å². The van der Waals surface area contributed by atoms with Crippen LogP contribution in [0.15, 0.2) is 41.8 Å². The molecule has 2 rings (SSSR count). The van der Waals surface area contributed by atoms with Crippen molar-refractivity contribution in [2.24, 2.45) is 0 Å². The molecular weight excluding hydrogens is 284 g/mol. The molecule has 0 atom stereocenters. The Balaban J connectivity index is 1.77. The van der Waals surface area contributed by atoms with Gasteiger partial charge in [-0.1, -0.05) is 18.2 Å². The second-order valence-electron chi connectivity index (χ2n) is 4.49. The van der Waals surface area contributed by atoms with Crippen molar-refractivity contribution in [3.05, 3.63) is 57.8 Å². The Morgan fingerprint density at radius 3 is 2.76 bits per heavy atom. The molecule has 0 aliphatic rings. The maximum Gasteiger partial charge on any atom is 0.220 e. The number of benzene rings is 1. The molecule has 1 aromatic carbocycles. The molecule has 2 aromatic rings. The van der Waals surface area contributed by atoms with Crippen LogP contribution in [-0.2, 0) is 11.3 Å². The van der Waals surface area contributed by atoms with E-state index in [2.05, 4.69) is 11.4 Å². The van der Waals surface area contributed by atoms with Gasteiger partial charge in [0.15, 0.2) is 5.78 Å². The van der Waals surface area contributed by atoms with E-state index in [9.17, 15) is 9.59 Å². The molecule has 0 bridgehead atoms. The highest BCUT2D eigenvalue weighted by Crippen LogP contribution is 2.12. The molecule has 5 heteroatoms. The smallest absolute Gasteiger partial charge is 0.220 e. The zero-order chi connectivity index (χ0) is 15.1. The number of Topliss-reactive ketones (excluding diaryl/α,β-unsaturated/α-hetero) is 1. The van der Waals surface area contributed by atoms with Crippen LogP contribution in [0.25, 0.3) is 0 Å². The molecule has 1 amide bonds. The number of hydrogen-bond donors (Lipinski definition) is 1. The molecule has 0 radical (unpaired) electrons. The quantitative estimate of drug-likeness (QED) is 0.834. The predicted molar refractivity (Wildman–Crippen MR) is 80.9 cm³/mol. The molecule has 0 spiro atoms. The lowest BCUT2D eigenvalue weighted by molar-refractivity contribution is -0.121. The number of nitriles is 1. The van der Waals surface area contributed by atoms with Crippen LogP contribution in [0.4, 0.5) is 0 Å². The van der Waals surface area contributed by atoms with Crippen molar-refractivity contribution in [3.63, 3.8) is 0 Å². The topological polar surface area (TPSA) is 70.0 Å². The number of amides is 1. The summed E-state index contributed by atoms with van der Waals surface area (Å²) in [5.74, 6) is -0.172. The van der Waals surface area contributed by atoms with Crippen molar-refractivity contribution in [2.75, 3.05) is 0 Å². The minimum Gasteiger partial charge on any atom is -0.352 e. The normalized spacial score (nSPS) is 9.86. The SMILES string of the molecule is N#Cc1cccc(CNC(=O)CCC(=O)c2cccs2)c1. The standard InChI is InChI=1S/C16H14N2O2S/c17-10-12-3-1-4-13(9-12)11-18-16(20)7-6-14(19)15-5-2-8-21-15/h1-5,8-9H,6-7,11H2,(H,18,20). The Hall–Kier alpha value is -2.45. The van der Waals surface area contributed by atoms with Crippen molar-refractivity contribution >= 4 is 23.0 Å². The van der Waals surface area contributed by atoms with E-state index in [1.54, 1.807) is 24.3 Å². The van der Waals surface area contributed by atoms with Crippen LogP contribution in [-0.4, -0.2) is 11.7 Å². The van der Waals surface area contributed by atoms with Crippen LogP contribution in [0, 0.1) is 11.3 Å². The van der Waals surface area contributed by atoms with Crippen molar-refractivity contribution in [3.8, 4) is 6.07 Å². The van der Waals surface area contributed by atoms with Gasteiger partial charge in [-0.2, -0.15) is 5.26 Å². The molecule has 1 heterocycles. The second-order valence-corrected chi connectivity index (χ2v) is 5.44. The fourth-order valence-electron chi connectivity index (χ4n) is 1.83. The second kappa shape index (κ2) is 7.36. The third-order valence-electron chi connectivity index (χ3n) is 2.92. The van der Waals surface area contributed by atoms with E-state index in [4.69, 9.17) is 5.26 Å². The summed E-state index contributed by atoms with van der Waals surface area (Å²) in [7, 11) is 0. The van der Waals surface area contributed by atoms with Crippen LogP contribution >= 0.6 is 11.3 Å². The van der Waals surface area contributed by atoms with Gasteiger partial charge in [-0.25, -0.2) is 0 Å². The summed E-state index contributed by atoms with van der Waals surface area (Å²) in [6, 6.07) is 12.7. The zero-order valence-electron chi connectivity index (χ0n) is 11.3. The van der Waals surface area contributed by atoms with Crippen molar-refractivity contribution in [1.82, 2.24) is 5.32 Å². The van der Waals surface area contributed by atoms with Gasteiger partial charge in [0.25, 0.3) is 0 Å². The number of thiophene rings is 1. The zero-order valence-corrected chi connectivity index (χ0v) is 12.2. The van der Waals surface area contributed by atoms with E-state index >= 15 is 0 Å². The van der Waals surface area contributed by atoms with E-state index in [0.717, 1.165) is 5.56 Å². The molecule has 0 saturated heterocycles. The highest BCUT2D eigenvalue weighted by atomic mass is 32.1. The van der Waals surface area contributed by atoms with E-state index in [-0.39, 0.29) is 24.5 Å². The summed E-state index contributed by atoms with van der Waals surface area (Å²) in [5, 5.41) is 13.4. The van der Waals surface area contributed by atoms with Gasteiger partial charge < -0.3 is 5.32 Å². The molecule has 0 aliphatic carbocycles. The lowest BCUT2D eigenvalue weighted by Gasteiger charge is -2.05. The summed E-state index contributed by atoms with van der Waals surface area (Å²) >= 11 is 1.39. The molecule has 0 fully saturated rings. The Kier molecular flexibility index (Phi) is 5.24. The lowest BCUT2D eigenvalue weighted by atomic mass is 10.1. The number of hydrogen-bond acceptors (Lipinski definition) is 4. The fraction of sp³-hybridized carbons (Fsp3) is 0.188. The van der Waals surface area contributed by atoms with Gasteiger partial charge in [-0.15, -0.1) is 11.3 Å². The predicted octanol–water partition coefficient (Wildman–Crippen LogP) is 2.90. The Labute approximate surface area is 127 Å². The van der Waals surface area contributed by atoms with Crippen LogP contribution in [0.1, 0.15) is 33.6 Å². The minimum atomic E-state index is -0.165. The lowest BCUT2D eigenvalue weighted by Crippen LogP contribution is -2.23. The summed E-state index contributed by atoms with van der Waals surface area (Å²) in [6.07, 6.45) is 0.388. The molecular formula is C16H14N2O2S. The maximum absolute atomic E-state index is 11.8. The number of carbonyl (C=O) groups is 2. The highest BCUT2D eigenvalue weighted by molar-refractivity contribution is 7.12. The molecule has 0 unspecified atom stereocenters. The number of nitrogens with zero attached hydrogens (tertiary/aromatic N) is 1. The van der Waals surface area contributed by atoms with Gasteiger partial charge in [0.1, 0.15) is 0 Å². The van der Waals surface area contributed by atoms with Gasteiger partial charge in [0.05, 0.1) is 16.5 Å². The highest BCUT2D eigenvalue weighted by Gasteiger charge is 2.09. The largest absolute Gasteiger partial charge is 0.352 e. The van der Waals surface area contributed by atoms with Crippen molar-refractivity contribution < 1.29 is 9.59 Å². The Morgan fingerprint density at radius 1 is 1.19 bits per heavy atom. The monoisotopic (exact) mass is 298 g/mol. The van der Waals surface area contributed by atoms with Crippen LogP contribution < -0.4 is 5.32 Å². The number of ketones is 1. The summed E-state index contributed by atoms with van der Waals surface area (Å²) in [5.41, 5.74) is 1.43. The molecule has 1 aromatic heterocycles. The van der Waals surface area contributed by atoms with Crippen LogP contribution in [0.3, 0.4) is 0 Å². The van der Waals surface area contributed by atoms with Gasteiger partial charge in [-0.05, 0) is 29.1 Å². The number of rotatable bonds is 6. The molecule has 4 nitrogen and oxygen atoms in total. The summed E-state index contributed by atoms with van der Waals surface area (Å²) in [4.78, 5) is 24.2. The first-order chi connectivity index (χ1) is 10.2. The third-order valence-corrected chi connectivity index (χ3v) is 3.83. The molecule has 0 saturated carbocycles. The molecule has 0 aliphatic heterocycles. The number of carbonyl (C=O) groups excluding carboxylic acids is 2. The minimum absolute atomic E-state index is 0.00775.